The Labute approximate surface area is 83.6 Å². The Morgan fingerprint density at radius 3 is 2.21 bits per heavy atom. The highest BCUT2D eigenvalue weighted by Gasteiger charge is 1.96. The van der Waals surface area contributed by atoms with E-state index in [9.17, 15) is 5.11 Å². The molecule has 0 fully saturated rings. The smallest absolute Gasteiger partial charge is 0.115 e. The third kappa shape index (κ3) is 2.13. The predicted molar refractivity (Wildman–Crippen MR) is 57.1 cm³/mol. The van der Waals surface area contributed by atoms with Crippen LogP contribution in [0.15, 0.2) is 54.6 Å². The highest BCUT2D eigenvalue weighted by atomic mass is 16.3. The van der Waals surface area contributed by atoms with Gasteiger partial charge in [0.25, 0.3) is 0 Å². The van der Waals surface area contributed by atoms with Crippen molar-refractivity contribution in [3.63, 3.8) is 0 Å². The van der Waals surface area contributed by atoms with Crippen molar-refractivity contribution in [2.75, 3.05) is 0 Å². The molecule has 14 heavy (non-hydrogen) atoms. The van der Waals surface area contributed by atoms with E-state index in [2.05, 4.69) is 0 Å². The molecule has 0 amide bonds. The lowest BCUT2D eigenvalue weighted by Gasteiger charge is -2.01. The molecule has 0 spiro atoms. The van der Waals surface area contributed by atoms with E-state index < -0.39 is 0 Å². The molecule has 1 nitrogen and oxygen atoms in total. The number of hydrogen-bond acceptors (Lipinski definition) is 1. The second kappa shape index (κ2) is 3.97. The third-order valence-corrected chi connectivity index (χ3v) is 2.00. The van der Waals surface area contributed by atoms with Crippen molar-refractivity contribution in [1.82, 2.24) is 0 Å². The van der Waals surface area contributed by atoms with E-state index in [0.29, 0.717) is 5.75 Å². The van der Waals surface area contributed by atoms with Crippen LogP contribution in [0.2, 0.25) is 0 Å². The van der Waals surface area contributed by atoms with Crippen molar-refractivity contribution < 1.29 is 5.11 Å². The minimum Gasteiger partial charge on any atom is -0.508 e. The SMILES string of the molecule is Oc1cccc([CH]c2ccccc2)c1. The molecule has 0 heterocycles. The minimum atomic E-state index is 0.301. The topological polar surface area (TPSA) is 20.2 Å². The van der Waals surface area contributed by atoms with Crippen molar-refractivity contribution >= 4 is 0 Å². The average molecular weight is 183 g/mol. The Bertz CT molecular complexity index is 407. The lowest BCUT2D eigenvalue weighted by molar-refractivity contribution is 0.475. The van der Waals surface area contributed by atoms with Gasteiger partial charge in [-0.05, 0) is 23.3 Å². The van der Waals surface area contributed by atoms with Gasteiger partial charge in [-0.15, -0.1) is 0 Å². The molecule has 0 aromatic heterocycles. The Hall–Kier alpha value is -1.76. The fraction of sp³-hybridized carbons (Fsp3) is 0. The van der Waals surface area contributed by atoms with Crippen LogP contribution in [-0.4, -0.2) is 5.11 Å². The lowest BCUT2D eigenvalue weighted by atomic mass is 10.1. The van der Waals surface area contributed by atoms with E-state index in [1.165, 1.54) is 0 Å². The summed E-state index contributed by atoms with van der Waals surface area (Å²) in [5, 5.41) is 9.27. The Kier molecular flexibility index (Phi) is 2.50. The van der Waals surface area contributed by atoms with Crippen LogP contribution < -0.4 is 0 Å². The Morgan fingerprint density at radius 2 is 1.50 bits per heavy atom. The average Bonchev–Trinajstić information content (AvgIpc) is 2.19. The van der Waals surface area contributed by atoms with Gasteiger partial charge in [-0.25, -0.2) is 0 Å². The van der Waals surface area contributed by atoms with Gasteiger partial charge < -0.3 is 5.11 Å². The van der Waals surface area contributed by atoms with Crippen LogP contribution in [0, 0.1) is 6.42 Å². The first-order valence-corrected chi connectivity index (χ1v) is 4.53. The van der Waals surface area contributed by atoms with Crippen molar-refractivity contribution in [3.8, 4) is 5.75 Å². The van der Waals surface area contributed by atoms with Gasteiger partial charge in [0.15, 0.2) is 0 Å². The van der Waals surface area contributed by atoms with Crippen LogP contribution in [0.5, 0.6) is 5.75 Å². The van der Waals surface area contributed by atoms with Crippen LogP contribution in [0.1, 0.15) is 11.1 Å². The van der Waals surface area contributed by atoms with Gasteiger partial charge in [0.1, 0.15) is 5.75 Å². The molecule has 0 saturated carbocycles. The molecule has 1 radical (unpaired) electrons. The fourth-order valence-electron chi connectivity index (χ4n) is 1.36. The molecule has 0 aliphatic carbocycles. The number of hydrogen-bond donors (Lipinski definition) is 1. The maximum Gasteiger partial charge on any atom is 0.115 e. The largest absolute Gasteiger partial charge is 0.508 e. The van der Waals surface area contributed by atoms with Gasteiger partial charge in [-0.1, -0.05) is 42.5 Å². The highest BCUT2D eigenvalue weighted by molar-refractivity contribution is 5.39. The Balaban J connectivity index is 2.19. The zero-order valence-electron chi connectivity index (χ0n) is 7.72. The molecule has 2 rings (SSSR count). The van der Waals surface area contributed by atoms with Crippen molar-refractivity contribution in [3.05, 3.63) is 72.1 Å². The van der Waals surface area contributed by atoms with Crippen molar-refractivity contribution in [2.45, 2.75) is 0 Å². The molecular formula is C13H11O. The first-order valence-electron chi connectivity index (χ1n) is 4.53. The molecular weight excluding hydrogens is 172 g/mol. The van der Waals surface area contributed by atoms with Crippen LogP contribution in [-0.2, 0) is 0 Å². The summed E-state index contributed by atoms with van der Waals surface area (Å²) in [6, 6.07) is 17.3. The summed E-state index contributed by atoms with van der Waals surface area (Å²) in [4.78, 5) is 0. The molecule has 2 aromatic carbocycles. The monoisotopic (exact) mass is 183 g/mol. The van der Waals surface area contributed by atoms with Gasteiger partial charge in [0.2, 0.25) is 0 Å². The summed E-state index contributed by atoms with van der Waals surface area (Å²) in [5.41, 5.74) is 2.15. The standard InChI is InChI=1S/C13H11O/c14-13-8-4-7-12(10-13)9-11-5-2-1-3-6-11/h1-10,14H. The van der Waals surface area contributed by atoms with Gasteiger partial charge >= 0.3 is 0 Å². The van der Waals surface area contributed by atoms with E-state index in [4.69, 9.17) is 0 Å². The predicted octanol–water partition coefficient (Wildman–Crippen LogP) is 2.99. The van der Waals surface area contributed by atoms with E-state index >= 15 is 0 Å². The number of aromatic hydroxyl groups is 1. The molecule has 0 atom stereocenters. The minimum absolute atomic E-state index is 0.301. The molecule has 0 aliphatic heterocycles. The van der Waals surface area contributed by atoms with E-state index in [-0.39, 0.29) is 0 Å². The van der Waals surface area contributed by atoms with Gasteiger partial charge in [-0.3, -0.25) is 0 Å². The molecule has 69 valence electrons. The van der Waals surface area contributed by atoms with Crippen LogP contribution in [0.3, 0.4) is 0 Å². The molecule has 0 bridgehead atoms. The third-order valence-electron chi connectivity index (χ3n) is 2.00. The van der Waals surface area contributed by atoms with Gasteiger partial charge in [0, 0.05) is 6.42 Å². The highest BCUT2D eigenvalue weighted by Crippen LogP contribution is 2.16. The lowest BCUT2D eigenvalue weighted by Crippen LogP contribution is -1.83. The summed E-state index contributed by atoms with van der Waals surface area (Å²) < 4.78 is 0. The first kappa shape index (κ1) is 8.82. The molecule has 1 N–H and O–H groups in total. The maximum absolute atomic E-state index is 9.27. The van der Waals surface area contributed by atoms with Gasteiger partial charge in [0.05, 0.1) is 0 Å². The second-order valence-corrected chi connectivity index (χ2v) is 3.15. The quantitative estimate of drug-likeness (QED) is 0.758. The number of benzene rings is 2. The molecule has 0 unspecified atom stereocenters. The van der Waals surface area contributed by atoms with E-state index in [0.717, 1.165) is 11.1 Å². The zero-order chi connectivity index (χ0) is 9.80. The summed E-state index contributed by atoms with van der Waals surface area (Å²) >= 11 is 0. The first-order chi connectivity index (χ1) is 6.84. The Morgan fingerprint density at radius 1 is 0.786 bits per heavy atom. The van der Waals surface area contributed by atoms with Crippen LogP contribution in [0.25, 0.3) is 0 Å². The van der Waals surface area contributed by atoms with Crippen molar-refractivity contribution in [1.29, 1.82) is 0 Å². The summed E-state index contributed by atoms with van der Waals surface area (Å²) in [7, 11) is 0. The van der Waals surface area contributed by atoms with Crippen LogP contribution in [0.4, 0.5) is 0 Å². The van der Waals surface area contributed by atoms with Crippen molar-refractivity contribution in [2.24, 2.45) is 0 Å². The summed E-state index contributed by atoms with van der Waals surface area (Å²) in [5.74, 6) is 0.301. The fourth-order valence-corrected chi connectivity index (χ4v) is 1.36. The second-order valence-electron chi connectivity index (χ2n) is 3.15. The molecule has 0 aliphatic rings. The number of rotatable bonds is 2. The number of phenolic OH excluding ortho intramolecular Hbond substituents is 1. The van der Waals surface area contributed by atoms with Gasteiger partial charge in [-0.2, -0.15) is 0 Å². The number of phenols is 1. The van der Waals surface area contributed by atoms with E-state index in [1.807, 2.05) is 48.9 Å². The summed E-state index contributed by atoms with van der Waals surface area (Å²) in [6.07, 6.45) is 2.03. The molecule has 1 heteroatoms. The van der Waals surface area contributed by atoms with E-state index in [1.54, 1.807) is 12.1 Å². The normalized spacial score (nSPS) is 10.0. The summed E-state index contributed by atoms with van der Waals surface area (Å²) in [6.45, 7) is 0. The van der Waals surface area contributed by atoms with Crippen LogP contribution >= 0.6 is 0 Å². The zero-order valence-corrected chi connectivity index (χ0v) is 7.72. The maximum atomic E-state index is 9.27. The molecule has 0 saturated heterocycles. The molecule has 2 aromatic rings.